The maximum atomic E-state index is 11.1. The molecule has 0 aliphatic carbocycles. The van der Waals surface area contributed by atoms with Gasteiger partial charge in [-0.05, 0) is 35.2 Å². The van der Waals surface area contributed by atoms with Gasteiger partial charge < -0.3 is 9.47 Å². The van der Waals surface area contributed by atoms with Crippen molar-refractivity contribution in [3.05, 3.63) is 54.1 Å². The van der Waals surface area contributed by atoms with Gasteiger partial charge in [0.25, 0.3) is 0 Å². The zero-order valence-electron chi connectivity index (χ0n) is 11.8. The zero-order valence-corrected chi connectivity index (χ0v) is 11.8. The topological polar surface area (TPSA) is 35.5 Å². The molecule has 0 aromatic heterocycles. The van der Waals surface area contributed by atoms with Gasteiger partial charge in [-0.1, -0.05) is 36.4 Å². The van der Waals surface area contributed by atoms with Crippen molar-refractivity contribution >= 4 is 5.97 Å². The van der Waals surface area contributed by atoms with Crippen molar-refractivity contribution in [2.75, 3.05) is 14.2 Å². The van der Waals surface area contributed by atoms with Crippen LogP contribution in [0.15, 0.2) is 48.5 Å². The van der Waals surface area contributed by atoms with Gasteiger partial charge in [0.1, 0.15) is 5.75 Å². The first kappa shape index (κ1) is 14.1. The lowest BCUT2D eigenvalue weighted by Gasteiger charge is -2.05. The Balaban J connectivity index is 2.05. The molecule has 3 nitrogen and oxygen atoms in total. The molecule has 0 radical (unpaired) electrons. The predicted octanol–water partition coefficient (Wildman–Crippen LogP) is 3.47. The highest BCUT2D eigenvalue weighted by Crippen LogP contribution is 2.22. The molecule has 2 rings (SSSR count). The Hall–Kier alpha value is -2.29. The molecule has 2 aromatic rings. The van der Waals surface area contributed by atoms with Gasteiger partial charge >= 0.3 is 5.97 Å². The van der Waals surface area contributed by atoms with E-state index in [-0.39, 0.29) is 5.97 Å². The van der Waals surface area contributed by atoms with E-state index in [1.165, 1.54) is 7.11 Å². The van der Waals surface area contributed by atoms with Crippen LogP contribution in [0.5, 0.6) is 5.75 Å². The molecule has 0 atom stereocenters. The van der Waals surface area contributed by atoms with Gasteiger partial charge in [-0.15, -0.1) is 0 Å². The molecule has 20 heavy (non-hydrogen) atoms. The summed E-state index contributed by atoms with van der Waals surface area (Å²) in [5, 5.41) is 0. The number of methoxy groups -OCH3 is 2. The van der Waals surface area contributed by atoms with Gasteiger partial charge in [0.2, 0.25) is 0 Å². The lowest BCUT2D eigenvalue weighted by molar-refractivity contribution is -0.140. The molecule has 0 heterocycles. The molecule has 2 aromatic carbocycles. The van der Waals surface area contributed by atoms with E-state index >= 15 is 0 Å². The summed E-state index contributed by atoms with van der Waals surface area (Å²) in [6.45, 7) is 0. The van der Waals surface area contributed by atoms with Crippen LogP contribution in [0.3, 0.4) is 0 Å². The molecule has 0 aliphatic heterocycles. The number of carbonyl (C=O) groups excluding carboxylic acids is 1. The Morgan fingerprint density at radius 3 is 1.95 bits per heavy atom. The van der Waals surface area contributed by atoms with Gasteiger partial charge in [-0.25, -0.2) is 0 Å². The molecule has 3 heteroatoms. The second kappa shape index (κ2) is 6.75. The fourth-order valence-corrected chi connectivity index (χ4v) is 2.00. The third-order valence-corrected chi connectivity index (χ3v) is 3.22. The van der Waals surface area contributed by atoms with Gasteiger partial charge in [0.15, 0.2) is 0 Å². The van der Waals surface area contributed by atoms with E-state index in [1.807, 2.05) is 36.4 Å². The number of rotatable bonds is 5. The highest BCUT2D eigenvalue weighted by molar-refractivity contribution is 5.69. The van der Waals surface area contributed by atoms with Crippen LogP contribution < -0.4 is 4.74 Å². The Labute approximate surface area is 119 Å². The smallest absolute Gasteiger partial charge is 0.305 e. The second-order valence-corrected chi connectivity index (χ2v) is 4.50. The molecule has 0 saturated heterocycles. The monoisotopic (exact) mass is 270 g/mol. The van der Waals surface area contributed by atoms with Crippen LogP contribution in [-0.4, -0.2) is 20.2 Å². The number of ether oxygens (including phenoxy) is 2. The molecular weight excluding hydrogens is 252 g/mol. The minimum atomic E-state index is -0.177. The highest BCUT2D eigenvalue weighted by Gasteiger charge is 2.02. The lowest BCUT2D eigenvalue weighted by atomic mass is 10.0. The molecular formula is C17H18O3. The molecule has 0 spiro atoms. The largest absolute Gasteiger partial charge is 0.497 e. The molecule has 0 amide bonds. The quantitative estimate of drug-likeness (QED) is 0.780. The summed E-state index contributed by atoms with van der Waals surface area (Å²) < 4.78 is 9.78. The molecule has 0 unspecified atom stereocenters. The highest BCUT2D eigenvalue weighted by atomic mass is 16.5. The van der Waals surface area contributed by atoms with Crippen LogP contribution in [0.25, 0.3) is 11.1 Å². The first-order chi connectivity index (χ1) is 9.72. The van der Waals surface area contributed by atoms with Gasteiger partial charge in [-0.3, -0.25) is 4.79 Å². The van der Waals surface area contributed by atoms with E-state index in [2.05, 4.69) is 16.9 Å². The maximum Gasteiger partial charge on any atom is 0.305 e. The average molecular weight is 270 g/mol. The van der Waals surface area contributed by atoms with Crippen LogP contribution in [0.2, 0.25) is 0 Å². The van der Waals surface area contributed by atoms with E-state index in [4.69, 9.17) is 4.74 Å². The summed E-state index contributed by atoms with van der Waals surface area (Å²) in [6.07, 6.45) is 1.12. The van der Waals surface area contributed by atoms with E-state index in [0.29, 0.717) is 12.8 Å². The van der Waals surface area contributed by atoms with Crippen molar-refractivity contribution in [1.29, 1.82) is 0 Å². The normalized spacial score (nSPS) is 10.1. The van der Waals surface area contributed by atoms with Gasteiger partial charge in [0.05, 0.1) is 14.2 Å². The summed E-state index contributed by atoms with van der Waals surface area (Å²) in [7, 11) is 3.07. The van der Waals surface area contributed by atoms with E-state index < -0.39 is 0 Å². The van der Waals surface area contributed by atoms with Crippen molar-refractivity contribution in [1.82, 2.24) is 0 Å². The third kappa shape index (κ3) is 3.60. The molecule has 0 fully saturated rings. The van der Waals surface area contributed by atoms with Crippen LogP contribution in [0.4, 0.5) is 0 Å². The van der Waals surface area contributed by atoms with Crippen molar-refractivity contribution in [3.63, 3.8) is 0 Å². The number of hydrogen-bond acceptors (Lipinski definition) is 3. The summed E-state index contributed by atoms with van der Waals surface area (Å²) in [5.74, 6) is 0.674. The summed E-state index contributed by atoms with van der Waals surface area (Å²) in [5.41, 5.74) is 3.42. The first-order valence-electron chi connectivity index (χ1n) is 6.53. The Morgan fingerprint density at radius 1 is 0.900 bits per heavy atom. The van der Waals surface area contributed by atoms with Gasteiger partial charge in [0, 0.05) is 6.42 Å². The zero-order chi connectivity index (χ0) is 14.4. The van der Waals surface area contributed by atoms with E-state index in [9.17, 15) is 4.79 Å². The number of benzene rings is 2. The number of carbonyl (C=O) groups is 1. The summed E-state index contributed by atoms with van der Waals surface area (Å²) in [4.78, 5) is 11.1. The number of aryl methyl sites for hydroxylation is 1. The van der Waals surface area contributed by atoms with Crippen molar-refractivity contribution in [2.45, 2.75) is 12.8 Å². The van der Waals surface area contributed by atoms with Crippen LogP contribution in [0.1, 0.15) is 12.0 Å². The molecule has 104 valence electrons. The van der Waals surface area contributed by atoms with Crippen molar-refractivity contribution in [2.24, 2.45) is 0 Å². The lowest BCUT2D eigenvalue weighted by Crippen LogP contribution is -2.01. The fourth-order valence-electron chi connectivity index (χ4n) is 2.00. The van der Waals surface area contributed by atoms with Crippen LogP contribution >= 0.6 is 0 Å². The SMILES string of the molecule is COC(=O)CCc1ccc(-c2ccc(OC)cc2)cc1. The minimum Gasteiger partial charge on any atom is -0.497 e. The van der Waals surface area contributed by atoms with E-state index in [1.54, 1.807) is 7.11 Å². The average Bonchev–Trinajstić information content (AvgIpc) is 2.53. The maximum absolute atomic E-state index is 11.1. The Kier molecular flexibility index (Phi) is 4.77. The van der Waals surface area contributed by atoms with E-state index in [0.717, 1.165) is 22.4 Å². The molecule has 0 aliphatic rings. The number of esters is 1. The fraction of sp³-hybridized carbons (Fsp3) is 0.235. The van der Waals surface area contributed by atoms with Crippen molar-refractivity contribution in [3.8, 4) is 16.9 Å². The molecule has 0 N–H and O–H groups in total. The molecule has 0 bridgehead atoms. The summed E-state index contributed by atoms with van der Waals surface area (Å²) in [6, 6.07) is 16.2. The predicted molar refractivity (Wildman–Crippen MR) is 78.8 cm³/mol. The Morgan fingerprint density at radius 2 is 1.45 bits per heavy atom. The Bertz CT molecular complexity index is 556. The van der Waals surface area contributed by atoms with Gasteiger partial charge in [-0.2, -0.15) is 0 Å². The number of hydrogen-bond donors (Lipinski definition) is 0. The van der Waals surface area contributed by atoms with Crippen molar-refractivity contribution < 1.29 is 14.3 Å². The standard InChI is InChI=1S/C17H18O3/c1-19-16-10-8-15(9-11-16)14-6-3-13(4-7-14)5-12-17(18)20-2/h3-4,6-11H,5,12H2,1-2H3. The summed E-state index contributed by atoms with van der Waals surface area (Å²) >= 11 is 0. The van der Waals surface area contributed by atoms with Crippen LogP contribution in [-0.2, 0) is 16.0 Å². The second-order valence-electron chi connectivity index (χ2n) is 4.50. The third-order valence-electron chi connectivity index (χ3n) is 3.22. The van der Waals surface area contributed by atoms with Crippen LogP contribution in [0, 0.1) is 0 Å². The molecule has 0 saturated carbocycles. The minimum absolute atomic E-state index is 0.177. The first-order valence-corrected chi connectivity index (χ1v) is 6.53.